The van der Waals surface area contributed by atoms with Crippen molar-refractivity contribution < 1.29 is 9.90 Å². The summed E-state index contributed by atoms with van der Waals surface area (Å²) in [7, 11) is 1.82. The minimum absolute atomic E-state index is 0.0102. The Morgan fingerprint density at radius 2 is 2.17 bits per heavy atom. The third-order valence-electron chi connectivity index (χ3n) is 3.02. The van der Waals surface area contributed by atoms with Crippen LogP contribution in [0.1, 0.15) is 42.4 Å². The molecule has 0 saturated heterocycles. The summed E-state index contributed by atoms with van der Waals surface area (Å²) in [4.78, 5) is 13.9. The van der Waals surface area contributed by atoms with Gasteiger partial charge in [-0.2, -0.15) is 5.10 Å². The monoisotopic (exact) mass is 253 g/mol. The van der Waals surface area contributed by atoms with Crippen LogP contribution in [0, 0.1) is 6.92 Å². The maximum Gasteiger partial charge on any atom is 0.274 e. The van der Waals surface area contributed by atoms with Crippen molar-refractivity contribution >= 4 is 5.91 Å². The summed E-state index contributed by atoms with van der Waals surface area (Å²) in [5.74, 6) is -0.0937. The number of hydrogen-bond donors (Lipinski definition) is 1. The SMILES string of the molecule is CCCCCN(CCO)C(=O)c1cc(C)n(C)n1. The van der Waals surface area contributed by atoms with Gasteiger partial charge in [0, 0.05) is 25.8 Å². The van der Waals surface area contributed by atoms with Crippen molar-refractivity contribution in [1.29, 1.82) is 0 Å². The molecule has 0 bridgehead atoms. The average molecular weight is 253 g/mol. The van der Waals surface area contributed by atoms with Gasteiger partial charge >= 0.3 is 0 Å². The molecule has 0 atom stereocenters. The molecule has 1 amide bonds. The van der Waals surface area contributed by atoms with Gasteiger partial charge < -0.3 is 10.0 Å². The number of aliphatic hydroxyl groups is 1. The van der Waals surface area contributed by atoms with Gasteiger partial charge in [-0.15, -0.1) is 0 Å². The van der Waals surface area contributed by atoms with E-state index in [1.807, 2.05) is 14.0 Å². The van der Waals surface area contributed by atoms with E-state index in [2.05, 4.69) is 12.0 Å². The summed E-state index contributed by atoms with van der Waals surface area (Å²) in [6.07, 6.45) is 3.17. The molecular formula is C13H23N3O2. The zero-order valence-corrected chi connectivity index (χ0v) is 11.5. The third kappa shape index (κ3) is 3.84. The van der Waals surface area contributed by atoms with Crippen LogP contribution in [0.5, 0.6) is 0 Å². The molecule has 1 heterocycles. The largest absolute Gasteiger partial charge is 0.395 e. The highest BCUT2D eigenvalue weighted by atomic mass is 16.3. The van der Waals surface area contributed by atoms with E-state index >= 15 is 0 Å². The summed E-state index contributed by atoms with van der Waals surface area (Å²) in [5, 5.41) is 13.2. The maximum atomic E-state index is 12.2. The normalized spacial score (nSPS) is 10.7. The van der Waals surface area contributed by atoms with E-state index in [1.165, 1.54) is 0 Å². The topological polar surface area (TPSA) is 58.4 Å². The van der Waals surface area contributed by atoms with Crippen LogP contribution >= 0.6 is 0 Å². The number of aryl methyl sites for hydroxylation is 2. The standard InChI is InChI=1S/C13H23N3O2/c1-4-5-6-7-16(8-9-17)13(18)12-10-11(2)15(3)14-12/h10,17H,4-9H2,1-3H3. The number of unbranched alkanes of at least 4 members (excludes halogenated alkanes) is 2. The highest BCUT2D eigenvalue weighted by Crippen LogP contribution is 2.07. The molecule has 0 unspecified atom stereocenters. The number of aliphatic hydroxyl groups excluding tert-OH is 1. The van der Waals surface area contributed by atoms with Crippen LogP contribution in [-0.2, 0) is 7.05 Å². The average Bonchev–Trinajstić information content (AvgIpc) is 2.68. The van der Waals surface area contributed by atoms with E-state index < -0.39 is 0 Å². The van der Waals surface area contributed by atoms with Gasteiger partial charge in [0.25, 0.3) is 5.91 Å². The zero-order valence-electron chi connectivity index (χ0n) is 11.5. The minimum Gasteiger partial charge on any atom is -0.395 e. The lowest BCUT2D eigenvalue weighted by molar-refractivity contribution is 0.0712. The first-order valence-corrected chi connectivity index (χ1v) is 6.51. The van der Waals surface area contributed by atoms with Gasteiger partial charge in [-0.1, -0.05) is 19.8 Å². The predicted octanol–water partition coefficient (Wildman–Crippen LogP) is 1.35. The first-order valence-electron chi connectivity index (χ1n) is 6.51. The molecule has 18 heavy (non-hydrogen) atoms. The smallest absolute Gasteiger partial charge is 0.274 e. The predicted molar refractivity (Wildman–Crippen MR) is 70.5 cm³/mol. The summed E-state index contributed by atoms with van der Waals surface area (Å²) in [5.41, 5.74) is 1.41. The molecule has 0 aliphatic heterocycles. The first kappa shape index (κ1) is 14.7. The number of nitrogens with zero attached hydrogens (tertiary/aromatic N) is 3. The van der Waals surface area contributed by atoms with Crippen LogP contribution < -0.4 is 0 Å². The van der Waals surface area contributed by atoms with Crippen LogP contribution in [0.15, 0.2) is 6.07 Å². The van der Waals surface area contributed by atoms with Crippen molar-refractivity contribution in [2.45, 2.75) is 33.1 Å². The number of amides is 1. The molecule has 1 rings (SSSR count). The Hall–Kier alpha value is -1.36. The Morgan fingerprint density at radius 3 is 2.67 bits per heavy atom. The van der Waals surface area contributed by atoms with Gasteiger partial charge in [0.1, 0.15) is 0 Å². The molecule has 0 aliphatic carbocycles. The Bertz CT molecular complexity index is 368. The van der Waals surface area contributed by atoms with Gasteiger partial charge in [-0.05, 0) is 19.4 Å². The molecule has 0 aromatic carbocycles. The van der Waals surface area contributed by atoms with E-state index in [9.17, 15) is 4.79 Å². The van der Waals surface area contributed by atoms with E-state index in [-0.39, 0.29) is 12.5 Å². The van der Waals surface area contributed by atoms with E-state index in [4.69, 9.17) is 5.11 Å². The highest BCUT2D eigenvalue weighted by Gasteiger charge is 2.18. The van der Waals surface area contributed by atoms with Crippen molar-refractivity contribution in [3.63, 3.8) is 0 Å². The second-order valence-electron chi connectivity index (χ2n) is 4.52. The fraction of sp³-hybridized carbons (Fsp3) is 0.692. The molecule has 1 aromatic rings. The van der Waals surface area contributed by atoms with E-state index in [0.717, 1.165) is 25.0 Å². The molecule has 102 valence electrons. The summed E-state index contributed by atoms with van der Waals surface area (Å²) < 4.78 is 1.69. The molecular weight excluding hydrogens is 230 g/mol. The lowest BCUT2D eigenvalue weighted by atomic mass is 10.2. The summed E-state index contributed by atoms with van der Waals surface area (Å²) in [6.45, 7) is 5.09. The zero-order chi connectivity index (χ0) is 13.5. The highest BCUT2D eigenvalue weighted by molar-refractivity contribution is 5.92. The van der Waals surface area contributed by atoms with Crippen LogP contribution in [0.4, 0.5) is 0 Å². The molecule has 5 heteroatoms. The third-order valence-corrected chi connectivity index (χ3v) is 3.02. The van der Waals surface area contributed by atoms with Gasteiger partial charge in [0.15, 0.2) is 5.69 Å². The van der Waals surface area contributed by atoms with Crippen LogP contribution in [0.2, 0.25) is 0 Å². The van der Waals surface area contributed by atoms with Gasteiger partial charge in [0.2, 0.25) is 0 Å². The van der Waals surface area contributed by atoms with E-state index in [0.29, 0.717) is 18.8 Å². The Morgan fingerprint density at radius 1 is 1.44 bits per heavy atom. The van der Waals surface area contributed by atoms with Crippen molar-refractivity contribution in [1.82, 2.24) is 14.7 Å². The fourth-order valence-electron chi connectivity index (χ4n) is 1.82. The van der Waals surface area contributed by atoms with Crippen LogP contribution in [0.3, 0.4) is 0 Å². The second-order valence-corrected chi connectivity index (χ2v) is 4.52. The Kier molecular flexibility index (Phi) is 5.85. The van der Waals surface area contributed by atoms with Crippen LogP contribution in [-0.4, -0.2) is 45.4 Å². The number of carbonyl (C=O) groups excluding carboxylic acids is 1. The molecule has 0 spiro atoms. The number of carbonyl (C=O) groups is 1. The second kappa shape index (κ2) is 7.16. The van der Waals surface area contributed by atoms with Crippen molar-refractivity contribution in [2.75, 3.05) is 19.7 Å². The molecule has 0 fully saturated rings. The van der Waals surface area contributed by atoms with Gasteiger partial charge in [0.05, 0.1) is 6.61 Å². The Balaban J connectivity index is 2.69. The number of rotatable bonds is 7. The van der Waals surface area contributed by atoms with E-state index in [1.54, 1.807) is 15.6 Å². The molecule has 0 radical (unpaired) electrons. The number of hydrogen-bond acceptors (Lipinski definition) is 3. The molecule has 0 aliphatic rings. The van der Waals surface area contributed by atoms with Crippen molar-refractivity contribution in [2.24, 2.45) is 7.05 Å². The lowest BCUT2D eigenvalue weighted by Gasteiger charge is -2.20. The first-order chi connectivity index (χ1) is 8.60. The Labute approximate surface area is 108 Å². The molecule has 1 aromatic heterocycles. The molecule has 0 saturated carbocycles. The summed E-state index contributed by atoms with van der Waals surface area (Å²) >= 11 is 0. The molecule has 5 nitrogen and oxygen atoms in total. The lowest BCUT2D eigenvalue weighted by Crippen LogP contribution is -2.34. The van der Waals surface area contributed by atoms with Crippen LogP contribution in [0.25, 0.3) is 0 Å². The summed E-state index contributed by atoms with van der Waals surface area (Å²) in [6, 6.07) is 1.78. The minimum atomic E-state index is -0.0937. The van der Waals surface area contributed by atoms with Crippen molar-refractivity contribution in [3.05, 3.63) is 17.5 Å². The number of aromatic nitrogens is 2. The van der Waals surface area contributed by atoms with Gasteiger partial charge in [-0.3, -0.25) is 9.48 Å². The molecule has 1 N–H and O–H groups in total. The van der Waals surface area contributed by atoms with Crippen molar-refractivity contribution in [3.8, 4) is 0 Å². The quantitative estimate of drug-likeness (QED) is 0.746. The maximum absolute atomic E-state index is 12.2. The fourth-order valence-corrected chi connectivity index (χ4v) is 1.82. The van der Waals surface area contributed by atoms with Gasteiger partial charge in [-0.25, -0.2) is 0 Å².